The van der Waals surface area contributed by atoms with Gasteiger partial charge in [-0.2, -0.15) is 0 Å². The molecule has 0 unspecified atom stereocenters. The smallest absolute Gasteiger partial charge is 0.0389 e. The molecule has 126 valence electrons. The summed E-state index contributed by atoms with van der Waals surface area (Å²) in [5.41, 5.74) is 5.84. The molecular weight excluding hydrogens is 290 g/mol. The number of hydrogen-bond acceptors (Lipinski definition) is 1. The molecule has 24 heavy (non-hydrogen) atoms. The molecular formula is C23H29N. The van der Waals surface area contributed by atoms with Crippen molar-refractivity contribution in [3.05, 3.63) is 58.8 Å². The normalized spacial score (nSPS) is 16.6. The second kappa shape index (κ2) is 8.78. The van der Waals surface area contributed by atoms with Gasteiger partial charge in [-0.1, -0.05) is 37.3 Å². The molecule has 0 bridgehead atoms. The van der Waals surface area contributed by atoms with Gasteiger partial charge in [-0.05, 0) is 79.6 Å². The maximum Gasteiger partial charge on any atom is 0.0389 e. The van der Waals surface area contributed by atoms with Crippen molar-refractivity contribution in [2.45, 2.75) is 58.3 Å². The van der Waals surface area contributed by atoms with E-state index >= 15 is 0 Å². The number of rotatable bonds is 5. The van der Waals surface area contributed by atoms with Crippen LogP contribution in [0, 0.1) is 11.8 Å². The van der Waals surface area contributed by atoms with E-state index in [4.69, 9.17) is 0 Å². The molecule has 1 heterocycles. The topological polar surface area (TPSA) is 3.24 Å². The Bertz CT molecular complexity index is 652. The van der Waals surface area contributed by atoms with E-state index in [2.05, 4.69) is 60.2 Å². The predicted octanol–water partition coefficient (Wildman–Crippen LogP) is 5.47. The summed E-state index contributed by atoms with van der Waals surface area (Å²) in [5, 5.41) is 0. The first kappa shape index (κ1) is 16.9. The Hall–Kier alpha value is -1.94. The van der Waals surface area contributed by atoms with E-state index in [1.807, 2.05) is 0 Å². The molecule has 0 aromatic heterocycles. The number of nitrogens with zero attached hydrogens (tertiary/aromatic N) is 1. The van der Waals surface area contributed by atoms with Gasteiger partial charge in [0.25, 0.3) is 0 Å². The highest BCUT2D eigenvalue weighted by molar-refractivity contribution is 5.36. The zero-order valence-corrected chi connectivity index (χ0v) is 15.0. The highest BCUT2D eigenvalue weighted by atomic mass is 15.1. The molecule has 3 rings (SSSR count). The quantitative estimate of drug-likeness (QED) is 0.650. The van der Waals surface area contributed by atoms with E-state index in [1.165, 1.54) is 50.5 Å². The Kier molecular flexibility index (Phi) is 6.19. The van der Waals surface area contributed by atoms with Gasteiger partial charge in [0.2, 0.25) is 0 Å². The monoisotopic (exact) mass is 319 g/mol. The van der Waals surface area contributed by atoms with Gasteiger partial charge in [-0.15, -0.1) is 0 Å². The van der Waals surface area contributed by atoms with Crippen LogP contribution in [-0.2, 0) is 6.42 Å². The summed E-state index contributed by atoms with van der Waals surface area (Å²) in [7, 11) is 0. The van der Waals surface area contributed by atoms with Crippen LogP contribution in [0.5, 0.6) is 0 Å². The van der Waals surface area contributed by atoms with E-state index in [9.17, 15) is 0 Å². The molecule has 1 heteroatoms. The standard InChI is InChI=1S/C23H29N/c1-2-3-8-20-12-14-21(15-13-20)9-6-7-17-24-18-16-22-10-4-5-11-23(22)19-24/h12-16,18H,2-5,7-8,10-11,17,19H2,1H3. The van der Waals surface area contributed by atoms with Crippen molar-refractivity contribution in [2.24, 2.45) is 0 Å². The fourth-order valence-corrected chi connectivity index (χ4v) is 3.52. The molecule has 0 spiro atoms. The van der Waals surface area contributed by atoms with Crippen molar-refractivity contribution in [1.82, 2.24) is 4.90 Å². The zero-order valence-electron chi connectivity index (χ0n) is 15.0. The fourth-order valence-electron chi connectivity index (χ4n) is 3.52. The summed E-state index contributed by atoms with van der Waals surface area (Å²) in [4.78, 5) is 2.42. The van der Waals surface area contributed by atoms with Crippen LogP contribution in [0.2, 0.25) is 0 Å². The molecule has 1 aromatic rings. The van der Waals surface area contributed by atoms with Crippen LogP contribution in [-0.4, -0.2) is 18.0 Å². The van der Waals surface area contributed by atoms with E-state index in [0.29, 0.717) is 0 Å². The minimum absolute atomic E-state index is 0.935. The summed E-state index contributed by atoms with van der Waals surface area (Å²) in [6, 6.07) is 8.78. The summed E-state index contributed by atoms with van der Waals surface area (Å²) < 4.78 is 0. The van der Waals surface area contributed by atoms with E-state index < -0.39 is 0 Å². The first-order valence-electron chi connectivity index (χ1n) is 9.56. The van der Waals surface area contributed by atoms with Crippen LogP contribution in [0.1, 0.15) is 63.0 Å². The average molecular weight is 319 g/mol. The van der Waals surface area contributed by atoms with Crippen LogP contribution in [0.15, 0.2) is 47.7 Å². The molecule has 1 aliphatic heterocycles. The van der Waals surface area contributed by atoms with Crippen molar-refractivity contribution in [3.63, 3.8) is 0 Å². The van der Waals surface area contributed by atoms with Crippen LogP contribution >= 0.6 is 0 Å². The lowest BCUT2D eigenvalue weighted by Gasteiger charge is -2.29. The van der Waals surface area contributed by atoms with Crippen molar-refractivity contribution in [1.29, 1.82) is 0 Å². The molecule has 1 nitrogen and oxygen atoms in total. The molecule has 0 fully saturated rings. The van der Waals surface area contributed by atoms with Crippen molar-refractivity contribution in [2.75, 3.05) is 13.1 Å². The Morgan fingerprint density at radius 3 is 2.75 bits per heavy atom. The van der Waals surface area contributed by atoms with E-state index in [0.717, 1.165) is 25.1 Å². The number of aryl methyl sites for hydroxylation is 1. The lowest BCUT2D eigenvalue weighted by Crippen LogP contribution is -2.25. The molecule has 1 aliphatic carbocycles. The Labute approximate surface area is 147 Å². The van der Waals surface area contributed by atoms with Crippen LogP contribution < -0.4 is 0 Å². The van der Waals surface area contributed by atoms with Gasteiger partial charge in [0.1, 0.15) is 0 Å². The molecule has 0 saturated carbocycles. The van der Waals surface area contributed by atoms with Crippen molar-refractivity contribution >= 4 is 0 Å². The summed E-state index contributed by atoms with van der Waals surface area (Å²) in [5.74, 6) is 6.65. The second-order valence-corrected chi connectivity index (χ2v) is 6.97. The maximum atomic E-state index is 3.34. The van der Waals surface area contributed by atoms with E-state index in [-0.39, 0.29) is 0 Å². The lowest BCUT2D eigenvalue weighted by atomic mass is 9.90. The number of hydrogen-bond donors (Lipinski definition) is 0. The van der Waals surface area contributed by atoms with E-state index in [1.54, 1.807) is 11.1 Å². The number of unbranched alkanes of at least 4 members (excludes halogenated alkanes) is 1. The zero-order chi connectivity index (χ0) is 16.6. The first-order valence-corrected chi connectivity index (χ1v) is 9.56. The Morgan fingerprint density at radius 2 is 1.92 bits per heavy atom. The van der Waals surface area contributed by atoms with Gasteiger partial charge in [0, 0.05) is 25.1 Å². The highest BCUT2D eigenvalue weighted by Gasteiger charge is 2.16. The molecule has 2 aliphatic rings. The Balaban J connectivity index is 1.45. The van der Waals surface area contributed by atoms with Crippen molar-refractivity contribution in [3.8, 4) is 11.8 Å². The summed E-state index contributed by atoms with van der Waals surface area (Å²) >= 11 is 0. The van der Waals surface area contributed by atoms with Crippen molar-refractivity contribution < 1.29 is 0 Å². The first-order chi connectivity index (χ1) is 11.8. The fraction of sp³-hybridized carbons (Fsp3) is 0.478. The van der Waals surface area contributed by atoms with Gasteiger partial charge < -0.3 is 4.90 Å². The maximum absolute atomic E-state index is 3.34. The molecule has 1 aromatic carbocycles. The predicted molar refractivity (Wildman–Crippen MR) is 103 cm³/mol. The van der Waals surface area contributed by atoms with Crippen LogP contribution in [0.4, 0.5) is 0 Å². The second-order valence-electron chi connectivity index (χ2n) is 6.97. The largest absolute Gasteiger partial charge is 0.372 e. The molecule has 0 amide bonds. The molecule has 0 N–H and O–H groups in total. The minimum Gasteiger partial charge on any atom is -0.372 e. The van der Waals surface area contributed by atoms with Gasteiger partial charge in [-0.25, -0.2) is 0 Å². The molecule has 0 atom stereocenters. The highest BCUT2D eigenvalue weighted by Crippen LogP contribution is 2.29. The van der Waals surface area contributed by atoms with Gasteiger partial charge in [0.05, 0.1) is 0 Å². The lowest BCUT2D eigenvalue weighted by molar-refractivity contribution is 0.396. The molecule has 0 radical (unpaired) electrons. The third kappa shape index (κ3) is 4.78. The third-order valence-electron chi connectivity index (χ3n) is 5.04. The Morgan fingerprint density at radius 1 is 1.08 bits per heavy atom. The van der Waals surface area contributed by atoms with Crippen LogP contribution in [0.25, 0.3) is 0 Å². The van der Waals surface area contributed by atoms with Crippen LogP contribution in [0.3, 0.4) is 0 Å². The van der Waals surface area contributed by atoms with Gasteiger partial charge >= 0.3 is 0 Å². The minimum atomic E-state index is 0.935. The summed E-state index contributed by atoms with van der Waals surface area (Å²) in [6.45, 7) is 4.40. The molecule has 0 saturated heterocycles. The number of benzene rings is 1. The van der Waals surface area contributed by atoms with Gasteiger partial charge in [0.15, 0.2) is 0 Å². The average Bonchev–Trinajstić information content (AvgIpc) is 2.64. The SMILES string of the molecule is CCCCc1ccc(C#CCCN2C=CC3=C(CCCC3)C2)cc1. The number of allylic oxidation sites excluding steroid dienone is 2. The van der Waals surface area contributed by atoms with Gasteiger partial charge in [-0.3, -0.25) is 0 Å². The summed E-state index contributed by atoms with van der Waals surface area (Å²) in [6.07, 6.45) is 14.6. The third-order valence-corrected chi connectivity index (χ3v) is 5.04.